The summed E-state index contributed by atoms with van der Waals surface area (Å²) in [6.45, 7) is 17.2. The Morgan fingerprint density at radius 2 is 1.38 bits per heavy atom. The number of carbonyl (C=O) groups excluding carboxylic acids is 10. The maximum atomic E-state index is 13.3. The van der Waals surface area contributed by atoms with Crippen molar-refractivity contribution in [1.29, 1.82) is 0 Å². The number of ether oxygens (including phenoxy) is 3. The van der Waals surface area contributed by atoms with E-state index in [9.17, 15) is 73.3 Å². The van der Waals surface area contributed by atoms with Crippen LogP contribution in [0.1, 0.15) is 180 Å². The number of allylic oxidation sites excluding steroid dienone is 1. The number of hydrazine groups is 2. The van der Waals surface area contributed by atoms with Crippen LogP contribution in [0.3, 0.4) is 0 Å². The van der Waals surface area contributed by atoms with Gasteiger partial charge in [0, 0.05) is 54.8 Å². The van der Waals surface area contributed by atoms with Crippen LogP contribution in [0.2, 0.25) is 0 Å². The van der Waals surface area contributed by atoms with E-state index in [1.54, 1.807) is 33.2 Å². The molecule has 2 aliphatic carbocycles. The largest absolute Gasteiger partial charge is 0.460 e. The number of hydrogen-bond donors (Lipinski definition) is 7. The van der Waals surface area contributed by atoms with Crippen LogP contribution < -0.4 is 32.1 Å². The Balaban J connectivity index is 0.000000202. The van der Waals surface area contributed by atoms with Gasteiger partial charge in [0.2, 0.25) is 27.4 Å². The minimum Gasteiger partial charge on any atom is -0.460 e. The lowest BCUT2D eigenvalue weighted by Gasteiger charge is -2.35. The average molecular weight is 1600 g/mol. The van der Waals surface area contributed by atoms with Gasteiger partial charge in [0.25, 0.3) is 23.2 Å². The highest BCUT2D eigenvalue weighted by Gasteiger charge is 2.49. The number of nitro groups is 2. The lowest BCUT2D eigenvalue weighted by atomic mass is 9.98. The number of alkyl halides is 3. The van der Waals surface area contributed by atoms with E-state index < -0.39 is 127 Å². The number of nitrogens with one attached hydrogen (secondary N) is 6. The van der Waals surface area contributed by atoms with Crippen molar-refractivity contribution < 1.29 is 77.1 Å². The second-order valence-corrected chi connectivity index (χ2v) is 32.0. The Bertz CT molecular complexity index is 4620. The van der Waals surface area contributed by atoms with Crippen molar-refractivity contribution in [2.45, 2.75) is 179 Å². The Kier molecular flexibility index (Phi) is 28.2. The van der Waals surface area contributed by atoms with E-state index in [1.807, 2.05) is 107 Å². The fraction of sp³-hybridized carbons (Fsp3) is 0.443. The number of pyridine rings is 2. The van der Waals surface area contributed by atoms with Crippen LogP contribution in [-0.4, -0.2) is 154 Å². The number of carbonyl (C=O) groups is 10. The molecular formula is C79H91Cl3N12O18. The predicted octanol–water partition coefficient (Wildman–Crippen LogP) is 10.4. The first-order valence-electron chi connectivity index (χ1n) is 36.8. The van der Waals surface area contributed by atoms with Gasteiger partial charge in [0.05, 0.1) is 32.8 Å². The third kappa shape index (κ3) is 22.3. The highest BCUT2D eigenvalue weighted by Crippen LogP contribution is 2.51. The fourth-order valence-electron chi connectivity index (χ4n) is 13.0. The molecule has 11 rings (SSSR count). The molecule has 4 aromatic carbocycles. The molecule has 0 radical (unpaired) electrons. The first kappa shape index (κ1) is 85.6. The number of cyclic esters (lactones) is 1. The molecule has 5 aliphatic rings. The van der Waals surface area contributed by atoms with E-state index in [1.165, 1.54) is 48.1 Å². The standard InChI is InChI=1S/C33H42Cl3N5O6.C30H37N5O5.C16H12N2O7/c1-19(2)28(29(44)38-20(3)30(45)41-13-5-6-26(40-41)31(46)47-18-33(34,35)36)39-27(43)16-32(11-12-32)10-9-25-15-24-14-22(21(4)42)7-8-23(24)17-37-25;1-17(2)25-26(36)32-18(3)27(37)35-13-5-6-24(34-35)28(38)40-19(4)20-7-8-21-16-31-23(15-22(21)14-20)9-10-30(11-12-30)29(39)33-25;1-9-5-3-7-11(17(21)22)13(9)15(19)25-16(20)14-10(2)6-4-8-12(14)18(23)24/h7-10,14-15,17,19-21,26,28,40,42H,5-6,11-13,16,18H2,1-4H3,(H,38,44)(H,39,43);7-10,14-19,24-25,34H,5-6,11-13H2,1-4H3,(H,32,36)(H,33,39);3-8H,1-2H3/b2*10-9+;/t20-,21+,26-,28-;18-,19+,24-,25-;/m00./s1. The summed E-state index contributed by atoms with van der Waals surface area (Å²) >= 11 is 17.0. The zero-order valence-electron chi connectivity index (χ0n) is 63.5. The number of nitrogens with zero attached hydrogens (tertiary/aromatic N) is 6. The number of aliphatic hydroxyl groups is 1. The quantitative estimate of drug-likeness (QED) is 0.0111. The molecule has 7 N–H and O–H groups in total. The summed E-state index contributed by atoms with van der Waals surface area (Å²) in [5.74, 6) is -6.22. The van der Waals surface area contributed by atoms with Gasteiger partial charge in [0.1, 0.15) is 60.1 Å². The number of fused-ring (bicyclic) bond motifs is 5. The van der Waals surface area contributed by atoms with Crippen molar-refractivity contribution in [3.8, 4) is 0 Å². The second kappa shape index (κ2) is 36.9. The summed E-state index contributed by atoms with van der Waals surface area (Å²) in [5, 5.41) is 49.8. The number of aromatic nitrogens is 2. The Morgan fingerprint density at radius 3 is 1.96 bits per heavy atom. The first-order chi connectivity index (χ1) is 52.8. The number of amides is 6. The van der Waals surface area contributed by atoms with E-state index in [-0.39, 0.29) is 63.6 Å². The van der Waals surface area contributed by atoms with Gasteiger partial charge >= 0.3 is 23.9 Å². The molecule has 33 heteroatoms. The highest BCUT2D eigenvalue weighted by atomic mass is 35.6. The Hall–Kier alpha value is -10.4. The zero-order valence-corrected chi connectivity index (χ0v) is 65.8. The molecule has 6 amide bonds. The maximum Gasteiger partial charge on any atom is 0.353 e. The summed E-state index contributed by atoms with van der Waals surface area (Å²) in [4.78, 5) is 159. The van der Waals surface area contributed by atoms with Gasteiger partial charge in [0.15, 0.2) is 0 Å². The highest BCUT2D eigenvalue weighted by molar-refractivity contribution is 6.67. The van der Waals surface area contributed by atoms with E-state index in [2.05, 4.69) is 46.8 Å². The molecule has 112 heavy (non-hydrogen) atoms. The summed E-state index contributed by atoms with van der Waals surface area (Å²) in [6, 6.07) is 18.4. The topological polar surface area (TPSA) is 409 Å². The lowest BCUT2D eigenvalue weighted by Crippen LogP contribution is -2.61. The van der Waals surface area contributed by atoms with Crippen LogP contribution in [0, 0.1) is 56.7 Å². The molecule has 1 spiro atoms. The van der Waals surface area contributed by atoms with Gasteiger partial charge in [-0.2, -0.15) is 0 Å². The van der Waals surface area contributed by atoms with Crippen molar-refractivity contribution >= 4 is 139 Å². The summed E-state index contributed by atoms with van der Waals surface area (Å²) in [6.07, 6.45) is 15.4. The van der Waals surface area contributed by atoms with Crippen molar-refractivity contribution in [3.05, 3.63) is 174 Å². The van der Waals surface area contributed by atoms with Crippen LogP contribution >= 0.6 is 34.8 Å². The number of nitro benzene ring substituents is 2. The molecule has 5 heterocycles. The molecule has 8 atom stereocenters. The molecule has 2 saturated heterocycles. The van der Waals surface area contributed by atoms with E-state index in [4.69, 9.17) is 44.3 Å². The third-order valence-electron chi connectivity index (χ3n) is 19.9. The fourth-order valence-corrected chi connectivity index (χ4v) is 13.1. The molecule has 30 nitrogen and oxygen atoms in total. The number of esters is 4. The van der Waals surface area contributed by atoms with Crippen LogP contribution in [0.4, 0.5) is 11.4 Å². The molecular weight excluding hydrogens is 1510 g/mol. The Morgan fingerprint density at radius 1 is 0.759 bits per heavy atom. The van der Waals surface area contributed by atoms with Crippen molar-refractivity contribution in [2.75, 3.05) is 19.7 Å². The van der Waals surface area contributed by atoms with Gasteiger partial charge in [-0.15, -0.1) is 0 Å². The normalized spacial score (nSPS) is 20.6. The third-order valence-corrected chi connectivity index (χ3v) is 20.2. The summed E-state index contributed by atoms with van der Waals surface area (Å²) < 4.78 is 13.8. The van der Waals surface area contributed by atoms with Gasteiger partial charge in [-0.25, -0.2) is 20.4 Å². The number of aliphatic hydroxyl groups excluding tert-OH is 1. The molecule has 2 saturated carbocycles. The van der Waals surface area contributed by atoms with Crippen molar-refractivity contribution in [1.82, 2.24) is 52.1 Å². The SMILES string of the molecule is CC(C)[C@@H]1NC(=O)C2(/C=C/c3cc4cc(ccc4cn3)[C@@H](C)OC(=O)[C@@H]3CCCN(N3)C(=O)[C@H](C)NC1=O)CC2.CC(C)[C@H](NC(=O)CC1(/C=C/c2cc3cc([C@@H](C)O)ccc3cn2)CC1)C(=O)N[C@@H](C)C(=O)N1CCC[C@@H](C(=O)OCC(Cl)(Cl)Cl)N1.Cc1cccc([N+](=O)[O-])c1C(=O)OC(=O)c1c(C)cccc1[N+](=O)[O-]. The number of rotatable bonds is 17. The number of halogens is 3. The van der Waals surface area contributed by atoms with Crippen LogP contribution in [0.25, 0.3) is 33.7 Å². The molecule has 596 valence electrons. The first-order valence-corrected chi connectivity index (χ1v) is 37.9. The molecule has 6 aromatic rings. The van der Waals surface area contributed by atoms with Gasteiger partial charge in [-0.1, -0.05) is 123 Å². The number of aryl methyl sites for hydroxylation is 2. The van der Waals surface area contributed by atoms with E-state index in [0.29, 0.717) is 57.3 Å². The monoisotopic (exact) mass is 1600 g/mol. The molecule has 2 aromatic heterocycles. The smallest absolute Gasteiger partial charge is 0.353 e. The second-order valence-electron chi connectivity index (χ2n) is 29.5. The summed E-state index contributed by atoms with van der Waals surface area (Å²) in [7, 11) is 0. The maximum absolute atomic E-state index is 13.3. The van der Waals surface area contributed by atoms with Gasteiger partial charge in [-0.05, 0) is 180 Å². The lowest BCUT2D eigenvalue weighted by molar-refractivity contribution is -0.385. The van der Waals surface area contributed by atoms with Crippen LogP contribution in [-0.2, 0) is 52.6 Å². The van der Waals surface area contributed by atoms with Gasteiger partial charge in [-0.3, -0.25) is 78.6 Å². The van der Waals surface area contributed by atoms with E-state index >= 15 is 0 Å². The van der Waals surface area contributed by atoms with Crippen LogP contribution in [0.15, 0.2) is 109 Å². The summed E-state index contributed by atoms with van der Waals surface area (Å²) in [5.41, 5.74) is 6.63. The predicted molar refractivity (Wildman–Crippen MR) is 416 cm³/mol. The molecule has 3 aliphatic heterocycles. The molecule has 0 unspecified atom stereocenters. The van der Waals surface area contributed by atoms with E-state index in [0.717, 1.165) is 63.3 Å². The minimum atomic E-state index is -1.75. The Labute approximate surface area is 661 Å². The molecule has 5 bridgehead atoms. The minimum absolute atomic E-state index is 0.196. The van der Waals surface area contributed by atoms with Crippen LogP contribution in [0.5, 0.6) is 0 Å². The number of hydrogen-bond acceptors (Lipinski definition) is 22. The van der Waals surface area contributed by atoms with Crippen molar-refractivity contribution in [3.63, 3.8) is 0 Å². The average Bonchev–Trinajstić information content (AvgIpc) is 1.42. The van der Waals surface area contributed by atoms with Crippen molar-refractivity contribution in [2.24, 2.45) is 22.7 Å². The molecule has 4 fully saturated rings. The van der Waals surface area contributed by atoms with Gasteiger partial charge < -0.3 is 40.6 Å². The number of benzene rings is 4. The zero-order chi connectivity index (χ0) is 81.8.